The molecule has 0 spiro atoms. The number of ether oxygens (including phenoxy) is 2. The van der Waals surface area contributed by atoms with Crippen LogP contribution in [0.15, 0.2) is 18.2 Å². The van der Waals surface area contributed by atoms with Gasteiger partial charge < -0.3 is 9.47 Å². The predicted molar refractivity (Wildman–Crippen MR) is 96.4 cm³/mol. The summed E-state index contributed by atoms with van der Waals surface area (Å²) in [5.74, 6) is 1.10. The van der Waals surface area contributed by atoms with Crippen LogP contribution in [0.2, 0.25) is 0 Å². The highest BCUT2D eigenvalue weighted by molar-refractivity contribution is 7.89. The van der Waals surface area contributed by atoms with E-state index in [1.54, 1.807) is 4.31 Å². The van der Waals surface area contributed by atoms with Gasteiger partial charge in [-0.05, 0) is 41.9 Å². The summed E-state index contributed by atoms with van der Waals surface area (Å²) in [6, 6.07) is 6.02. The van der Waals surface area contributed by atoms with E-state index >= 15 is 0 Å². The zero-order chi connectivity index (χ0) is 17.7. The maximum absolute atomic E-state index is 12.9. The summed E-state index contributed by atoms with van der Waals surface area (Å²) >= 11 is 0. The Balaban J connectivity index is 1.44. The van der Waals surface area contributed by atoms with E-state index in [2.05, 4.69) is 19.9 Å². The molecule has 1 aromatic rings. The van der Waals surface area contributed by atoms with Crippen LogP contribution in [0.25, 0.3) is 0 Å². The van der Waals surface area contributed by atoms with Crippen LogP contribution in [-0.4, -0.2) is 50.4 Å². The summed E-state index contributed by atoms with van der Waals surface area (Å²) in [5, 5.41) is 0. The average molecular weight is 365 g/mol. The Bertz CT molecular complexity index is 753. The van der Waals surface area contributed by atoms with E-state index in [1.165, 1.54) is 5.56 Å². The van der Waals surface area contributed by atoms with Gasteiger partial charge in [-0.15, -0.1) is 0 Å². The van der Waals surface area contributed by atoms with Crippen molar-refractivity contribution >= 4 is 10.0 Å². The van der Waals surface area contributed by atoms with Crippen molar-refractivity contribution in [1.82, 2.24) is 4.31 Å². The molecule has 5 nitrogen and oxygen atoms in total. The molecular formula is C19H27NO4S. The van der Waals surface area contributed by atoms with Crippen molar-refractivity contribution in [2.75, 3.05) is 25.5 Å². The first-order chi connectivity index (χ1) is 11.9. The second-order valence-electron chi connectivity index (χ2n) is 8.14. The molecule has 25 heavy (non-hydrogen) atoms. The third-order valence-electron chi connectivity index (χ3n) is 5.75. The van der Waals surface area contributed by atoms with Crippen molar-refractivity contribution < 1.29 is 17.9 Å². The fraction of sp³-hybridized carbons (Fsp3) is 0.684. The van der Waals surface area contributed by atoms with Crippen LogP contribution in [0.1, 0.15) is 37.8 Å². The number of benzene rings is 1. The quantitative estimate of drug-likeness (QED) is 0.804. The summed E-state index contributed by atoms with van der Waals surface area (Å²) in [4.78, 5) is 0. The maximum Gasteiger partial charge on any atom is 0.214 e. The largest absolute Gasteiger partial charge is 0.493 e. The van der Waals surface area contributed by atoms with Gasteiger partial charge in [-0.1, -0.05) is 26.0 Å². The molecule has 2 saturated heterocycles. The van der Waals surface area contributed by atoms with Crippen molar-refractivity contribution in [1.29, 1.82) is 0 Å². The lowest BCUT2D eigenvalue weighted by atomic mass is 9.74. The fourth-order valence-electron chi connectivity index (χ4n) is 4.44. The monoisotopic (exact) mass is 365 g/mol. The fourth-order valence-corrected chi connectivity index (χ4v) is 6.47. The minimum Gasteiger partial charge on any atom is -0.493 e. The Hall–Kier alpha value is -1.11. The van der Waals surface area contributed by atoms with Crippen LogP contribution < -0.4 is 4.74 Å². The van der Waals surface area contributed by atoms with Crippen molar-refractivity contribution in [2.24, 2.45) is 5.41 Å². The minimum absolute atomic E-state index is 0.00696. The van der Waals surface area contributed by atoms with Gasteiger partial charge in [0, 0.05) is 19.6 Å². The standard InChI is InChI=1S/C19H27NO4S/c1-19(2)13-20(18(19)17-4-3-9-23-17)25(21,22)11-8-14-5-6-16-15(12-14)7-10-24-16/h5-6,12,17-18H,3-4,7-11,13H2,1-2H3. The predicted octanol–water partition coefficient (Wildman–Crippen LogP) is 2.38. The smallest absolute Gasteiger partial charge is 0.214 e. The summed E-state index contributed by atoms with van der Waals surface area (Å²) < 4.78 is 38.9. The lowest BCUT2D eigenvalue weighted by Crippen LogP contribution is -2.68. The van der Waals surface area contributed by atoms with Crippen molar-refractivity contribution in [3.63, 3.8) is 0 Å². The van der Waals surface area contributed by atoms with Gasteiger partial charge in [0.1, 0.15) is 5.75 Å². The van der Waals surface area contributed by atoms with Gasteiger partial charge in [0.05, 0.1) is 24.5 Å². The Morgan fingerprint density at radius 2 is 2.12 bits per heavy atom. The van der Waals surface area contributed by atoms with Gasteiger partial charge in [0.2, 0.25) is 10.0 Å². The molecule has 0 N–H and O–H groups in total. The molecule has 4 rings (SSSR count). The topological polar surface area (TPSA) is 55.8 Å². The van der Waals surface area contributed by atoms with Crippen LogP contribution in [0.5, 0.6) is 5.75 Å². The van der Waals surface area contributed by atoms with Gasteiger partial charge in [-0.3, -0.25) is 0 Å². The third kappa shape index (κ3) is 3.20. The van der Waals surface area contributed by atoms with Gasteiger partial charge in [0.15, 0.2) is 0 Å². The van der Waals surface area contributed by atoms with Crippen molar-refractivity contribution in [3.05, 3.63) is 29.3 Å². The molecule has 1 aromatic carbocycles. The zero-order valence-corrected chi connectivity index (χ0v) is 15.8. The molecule has 0 aromatic heterocycles. The Kier molecular flexibility index (Phi) is 4.33. The molecular weight excluding hydrogens is 338 g/mol. The number of rotatable bonds is 5. The van der Waals surface area contributed by atoms with Gasteiger partial charge in [-0.2, -0.15) is 4.31 Å². The Morgan fingerprint density at radius 1 is 1.28 bits per heavy atom. The second-order valence-corrected chi connectivity index (χ2v) is 10.2. The van der Waals surface area contributed by atoms with Gasteiger partial charge in [0.25, 0.3) is 0 Å². The van der Waals surface area contributed by atoms with Gasteiger partial charge >= 0.3 is 0 Å². The van der Waals surface area contributed by atoms with Crippen LogP contribution >= 0.6 is 0 Å². The molecule has 6 heteroatoms. The van der Waals surface area contributed by atoms with E-state index in [-0.39, 0.29) is 23.3 Å². The van der Waals surface area contributed by atoms with E-state index in [1.807, 2.05) is 12.1 Å². The molecule has 3 aliphatic rings. The molecule has 0 radical (unpaired) electrons. The first kappa shape index (κ1) is 17.3. The molecule has 0 aliphatic carbocycles. The SMILES string of the molecule is CC1(C)CN(S(=O)(=O)CCc2ccc3c(c2)CCO3)C1C1CCCO1. The molecule has 3 aliphatic heterocycles. The normalized spacial score (nSPS) is 28.4. The van der Waals surface area contributed by atoms with Crippen LogP contribution in [0, 0.1) is 5.41 Å². The van der Waals surface area contributed by atoms with Crippen LogP contribution in [0.3, 0.4) is 0 Å². The number of fused-ring (bicyclic) bond motifs is 1. The highest BCUT2D eigenvalue weighted by Gasteiger charge is 2.55. The summed E-state index contributed by atoms with van der Waals surface area (Å²) in [5.41, 5.74) is 2.26. The van der Waals surface area contributed by atoms with Crippen LogP contribution in [0.4, 0.5) is 0 Å². The molecule has 2 fully saturated rings. The molecule has 138 valence electrons. The lowest BCUT2D eigenvalue weighted by Gasteiger charge is -2.55. The highest BCUT2D eigenvalue weighted by atomic mass is 32.2. The molecule has 0 amide bonds. The molecule has 2 atom stereocenters. The molecule has 0 bridgehead atoms. The number of hydrogen-bond donors (Lipinski definition) is 0. The number of sulfonamides is 1. The van der Waals surface area contributed by atoms with E-state index in [4.69, 9.17) is 9.47 Å². The lowest BCUT2D eigenvalue weighted by molar-refractivity contribution is -0.0711. The number of aryl methyl sites for hydroxylation is 1. The Labute approximate surface area is 150 Å². The molecule has 2 unspecified atom stereocenters. The summed E-state index contributed by atoms with van der Waals surface area (Å²) in [6.07, 6.45) is 3.51. The zero-order valence-electron chi connectivity index (χ0n) is 15.0. The maximum atomic E-state index is 12.9. The Morgan fingerprint density at radius 3 is 2.84 bits per heavy atom. The third-order valence-corrected chi connectivity index (χ3v) is 7.54. The highest BCUT2D eigenvalue weighted by Crippen LogP contribution is 2.44. The summed E-state index contributed by atoms with van der Waals surface area (Å²) in [6.45, 7) is 6.36. The number of hydrogen-bond acceptors (Lipinski definition) is 4. The van der Waals surface area contributed by atoms with E-state index in [0.717, 1.165) is 43.8 Å². The van der Waals surface area contributed by atoms with E-state index in [0.29, 0.717) is 13.0 Å². The first-order valence-electron chi connectivity index (χ1n) is 9.23. The number of nitrogens with zero attached hydrogens (tertiary/aromatic N) is 1. The first-order valence-corrected chi connectivity index (χ1v) is 10.8. The molecule has 3 heterocycles. The van der Waals surface area contributed by atoms with Gasteiger partial charge in [-0.25, -0.2) is 8.42 Å². The minimum atomic E-state index is -3.27. The van der Waals surface area contributed by atoms with Crippen LogP contribution in [-0.2, 0) is 27.6 Å². The van der Waals surface area contributed by atoms with E-state index in [9.17, 15) is 8.42 Å². The van der Waals surface area contributed by atoms with E-state index < -0.39 is 10.0 Å². The average Bonchev–Trinajstić information content (AvgIpc) is 3.22. The second kappa shape index (κ2) is 6.25. The summed E-state index contributed by atoms with van der Waals surface area (Å²) in [7, 11) is -3.27. The van der Waals surface area contributed by atoms with Crippen molar-refractivity contribution in [3.8, 4) is 5.75 Å². The molecule has 0 saturated carbocycles. The van der Waals surface area contributed by atoms with Crippen molar-refractivity contribution in [2.45, 2.75) is 51.7 Å².